The highest BCUT2D eigenvalue weighted by atomic mass is 16.5. The van der Waals surface area contributed by atoms with Crippen LogP contribution in [0.25, 0.3) is 10.9 Å². The molecule has 0 aliphatic heterocycles. The van der Waals surface area contributed by atoms with Crippen LogP contribution in [0, 0.1) is 5.92 Å². The first-order valence-corrected chi connectivity index (χ1v) is 12.1. The van der Waals surface area contributed by atoms with Gasteiger partial charge in [0.05, 0.1) is 19.1 Å². The normalized spacial score (nSPS) is 21.1. The Morgan fingerprint density at radius 2 is 1.91 bits per heavy atom. The van der Waals surface area contributed by atoms with E-state index >= 15 is 0 Å². The standard InChI is InChI=1S/C28H32N2O3/c1-17(19-11-9-18(10-12-19)15-20-5-3-8-26(20)31)28(32)30-25-7-4-6-22-23-16-21(33-2)13-14-24(23)29-27(22)25/h9-14,16-17,20,25,29H,3-8,15H2,1-2H3,(H,30,32)/t17-,20-,25+/m1/s1. The molecule has 5 rings (SSSR count). The third kappa shape index (κ3) is 4.29. The topological polar surface area (TPSA) is 71.2 Å². The zero-order valence-electron chi connectivity index (χ0n) is 19.4. The van der Waals surface area contributed by atoms with Gasteiger partial charge in [-0.1, -0.05) is 24.3 Å². The second-order valence-corrected chi connectivity index (χ2v) is 9.61. The fraction of sp³-hybridized carbons (Fsp3) is 0.429. The minimum Gasteiger partial charge on any atom is -0.497 e. The second kappa shape index (κ2) is 9.05. The number of aromatic amines is 1. The molecule has 5 nitrogen and oxygen atoms in total. The number of hydrogen-bond acceptors (Lipinski definition) is 3. The van der Waals surface area contributed by atoms with E-state index in [2.05, 4.69) is 34.6 Å². The Hall–Kier alpha value is -3.08. The van der Waals surface area contributed by atoms with Crippen molar-refractivity contribution in [1.82, 2.24) is 10.3 Å². The van der Waals surface area contributed by atoms with Crippen molar-refractivity contribution in [3.05, 3.63) is 64.8 Å². The largest absolute Gasteiger partial charge is 0.497 e. The van der Waals surface area contributed by atoms with E-state index in [1.165, 1.54) is 16.5 Å². The molecular weight excluding hydrogens is 412 g/mol. The number of fused-ring (bicyclic) bond motifs is 3. The highest BCUT2D eigenvalue weighted by molar-refractivity contribution is 5.88. The molecule has 2 aliphatic carbocycles. The zero-order valence-corrected chi connectivity index (χ0v) is 19.4. The number of H-pyrrole nitrogens is 1. The van der Waals surface area contributed by atoms with E-state index in [-0.39, 0.29) is 23.8 Å². The Balaban J connectivity index is 1.28. The third-order valence-corrected chi connectivity index (χ3v) is 7.52. The Kier molecular flexibility index (Phi) is 5.96. The lowest BCUT2D eigenvalue weighted by Gasteiger charge is -2.25. The maximum atomic E-state index is 13.2. The lowest BCUT2D eigenvalue weighted by molar-refractivity contribution is -0.123. The van der Waals surface area contributed by atoms with Crippen molar-refractivity contribution in [1.29, 1.82) is 0 Å². The summed E-state index contributed by atoms with van der Waals surface area (Å²) < 4.78 is 5.40. The molecule has 33 heavy (non-hydrogen) atoms. The molecular formula is C28H32N2O3. The van der Waals surface area contributed by atoms with E-state index in [4.69, 9.17) is 4.74 Å². The zero-order chi connectivity index (χ0) is 22.9. The summed E-state index contributed by atoms with van der Waals surface area (Å²) in [4.78, 5) is 28.7. The number of benzene rings is 2. The lowest BCUT2D eigenvalue weighted by atomic mass is 9.90. The maximum Gasteiger partial charge on any atom is 0.227 e. The molecule has 1 fully saturated rings. The van der Waals surface area contributed by atoms with Crippen LogP contribution in [0.15, 0.2) is 42.5 Å². The van der Waals surface area contributed by atoms with Gasteiger partial charge < -0.3 is 15.0 Å². The first-order valence-electron chi connectivity index (χ1n) is 12.1. The first kappa shape index (κ1) is 21.7. The highest BCUT2D eigenvalue weighted by Gasteiger charge is 2.28. The van der Waals surface area contributed by atoms with Gasteiger partial charge in [0.15, 0.2) is 0 Å². The van der Waals surface area contributed by atoms with Crippen molar-refractivity contribution < 1.29 is 14.3 Å². The molecule has 1 saturated carbocycles. The molecule has 1 heterocycles. The Labute approximate surface area is 194 Å². The van der Waals surface area contributed by atoms with Gasteiger partial charge in [0.25, 0.3) is 0 Å². The summed E-state index contributed by atoms with van der Waals surface area (Å²) in [5.74, 6) is 1.23. The Morgan fingerprint density at radius 3 is 2.64 bits per heavy atom. The van der Waals surface area contributed by atoms with Crippen LogP contribution in [-0.4, -0.2) is 23.8 Å². The molecule has 0 unspecified atom stereocenters. The van der Waals surface area contributed by atoms with E-state index in [0.717, 1.165) is 67.5 Å². The molecule has 2 aliphatic rings. The van der Waals surface area contributed by atoms with Crippen LogP contribution >= 0.6 is 0 Å². The Bertz CT molecular complexity index is 1180. The molecule has 3 atom stereocenters. The fourth-order valence-electron chi connectivity index (χ4n) is 5.49. The molecule has 0 radical (unpaired) electrons. The number of ether oxygens (including phenoxy) is 1. The van der Waals surface area contributed by atoms with Gasteiger partial charge in [0, 0.05) is 28.9 Å². The maximum absolute atomic E-state index is 13.2. The number of carbonyl (C=O) groups is 2. The quantitative estimate of drug-likeness (QED) is 0.536. The van der Waals surface area contributed by atoms with Crippen LogP contribution in [0.5, 0.6) is 5.75 Å². The van der Waals surface area contributed by atoms with Crippen LogP contribution in [0.3, 0.4) is 0 Å². The van der Waals surface area contributed by atoms with Crippen molar-refractivity contribution in [3.8, 4) is 5.75 Å². The van der Waals surface area contributed by atoms with Gasteiger partial charge in [-0.05, 0) is 80.3 Å². The lowest BCUT2D eigenvalue weighted by Crippen LogP contribution is -2.34. The summed E-state index contributed by atoms with van der Waals surface area (Å²) in [5.41, 5.74) is 5.69. The summed E-state index contributed by atoms with van der Waals surface area (Å²) >= 11 is 0. The van der Waals surface area contributed by atoms with Crippen LogP contribution in [0.4, 0.5) is 0 Å². The summed E-state index contributed by atoms with van der Waals surface area (Å²) in [6, 6.07) is 14.3. The van der Waals surface area contributed by atoms with Gasteiger partial charge in [-0.25, -0.2) is 0 Å². The molecule has 0 bridgehead atoms. The monoisotopic (exact) mass is 444 g/mol. The number of Topliss-reactive ketones (excluding diaryl/α,β-unsaturated/α-hetero) is 1. The molecule has 172 valence electrons. The van der Waals surface area contributed by atoms with E-state index in [9.17, 15) is 9.59 Å². The molecule has 0 spiro atoms. The number of rotatable bonds is 6. The fourth-order valence-corrected chi connectivity index (χ4v) is 5.49. The predicted molar refractivity (Wildman–Crippen MR) is 130 cm³/mol. The number of methoxy groups -OCH3 is 1. The van der Waals surface area contributed by atoms with Gasteiger partial charge in [0.1, 0.15) is 11.5 Å². The van der Waals surface area contributed by atoms with Crippen molar-refractivity contribution in [2.75, 3.05) is 7.11 Å². The average Bonchev–Trinajstić information content (AvgIpc) is 3.42. The number of ketones is 1. The van der Waals surface area contributed by atoms with Crippen molar-refractivity contribution in [3.63, 3.8) is 0 Å². The average molecular weight is 445 g/mol. The molecule has 5 heteroatoms. The molecule has 1 aromatic heterocycles. The van der Waals surface area contributed by atoms with Crippen molar-refractivity contribution >= 4 is 22.6 Å². The van der Waals surface area contributed by atoms with Gasteiger partial charge in [-0.15, -0.1) is 0 Å². The minimum absolute atomic E-state index is 0.00486. The molecule has 2 aromatic carbocycles. The summed E-state index contributed by atoms with van der Waals surface area (Å²) in [5, 5.41) is 4.48. The van der Waals surface area contributed by atoms with Crippen LogP contribution in [0.2, 0.25) is 0 Å². The van der Waals surface area contributed by atoms with Gasteiger partial charge in [-0.2, -0.15) is 0 Å². The number of carbonyl (C=O) groups excluding carboxylic acids is 2. The molecule has 0 saturated heterocycles. The second-order valence-electron chi connectivity index (χ2n) is 9.61. The van der Waals surface area contributed by atoms with E-state index < -0.39 is 0 Å². The minimum atomic E-state index is -0.234. The summed E-state index contributed by atoms with van der Waals surface area (Å²) in [6.07, 6.45) is 6.56. The molecule has 2 N–H and O–H groups in total. The summed E-state index contributed by atoms with van der Waals surface area (Å²) in [7, 11) is 1.69. The highest BCUT2D eigenvalue weighted by Crippen LogP contribution is 2.36. The SMILES string of the molecule is COc1ccc2[nH]c3c(c2c1)CCC[C@@H]3NC(=O)[C@H](C)c1ccc(C[C@H]2CCCC2=O)cc1. The van der Waals surface area contributed by atoms with E-state index in [1.54, 1.807) is 7.11 Å². The van der Waals surface area contributed by atoms with Crippen LogP contribution in [0.1, 0.15) is 73.4 Å². The van der Waals surface area contributed by atoms with Crippen molar-refractivity contribution in [2.24, 2.45) is 5.92 Å². The Morgan fingerprint density at radius 1 is 1.12 bits per heavy atom. The van der Waals surface area contributed by atoms with Gasteiger partial charge in [-0.3, -0.25) is 9.59 Å². The van der Waals surface area contributed by atoms with Gasteiger partial charge >= 0.3 is 0 Å². The molecule has 3 aromatic rings. The van der Waals surface area contributed by atoms with Crippen LogP contribution < -0.4 is 10.1 Å². The predicted octanol–water partition coefficient (Wildman–Crippen LogP) is 5.39. The van der Waals surface area contributed by atoms with Gasteiger partial charge in [0.2, 0.25) is 5.91 Å². The number of nitrogens with one attached hydrogen (secondary N) is 2. The molecule has 1 amide bonds. The number of hydrogen-bond donors (Lipinski definition) is 2. The van der Waals surface area contributed by atoms with Crippen LogP contribution in [-0.2, 0) is 22.4 Å². The number of aryl methyl sites for hydroxylation is 1. The van der Waals surface area contributed by atoms with Crippen molar-refractivity contribution in [2.45, 2.75) is 63.8 Å². The summed E-state index contributed by atoms with van der Waals surface area (Å²) in [6.45, 7) is 1.96. The third-order valence-electron chi connectivity index (χ3n) is 7.52. The van der Waals surface area contributed by atoms with E-state index in [1.807, 2.05) is 25.1 Å². The number of aromatic nitrogens is 1. The smallest absolute Gasteiger partial charge is 0.227 e. The van der Waals surface area contributed by atoms with E-state index in [0.29, 0.717) is 5.78 Å². The first-order chi connectivity index (χ1) is 16.0. The number of amides is 1.